The van der Waals surface area contributed by atoms with Gasteiger partial charge in [-0.3, -0.25) is 0 Å². The molecule has 0 heterocycles. The molecule has 4 rings (SSSR count). The number of rotatable bonds is 10. The third kappa shape index (κ3) is 6.32. The van der Waals surface area contributed by atoms with E-state index >= 15 is 0 Å². The van der Waals surface area contributed by atoms with Gasteiger partial charge in [-0.05, 0) is 48.2 Å². The Hall–Kier alpha value is -3.54. The first-order valence-corrected chi connectivity index (χ1v) is 11.8. The number of ether oxygens (including phenoxy) is 4. The standard InChI is InChI=1S/C29H32O6/c1-27(2,21-11-15-23(16-12-21)32-28(3,4)34-25(30)19-7-8-19)22-13-17-24(18-14-22)33-29(5,6)35-26(31)20-9-10-20/h7,9,11-18H,8,10H2,1-6H3. The Bertz CT molecular complexity index is 1090. The van der Waals surface area contributed by atoms with Crippen LogP contribution < -0.4 is 9.47 Å². The van der Waals surface area contributed by atoms with Crippen molar-refractivity contribution in [1.82, 2.24) is 0 Å². The van der Waals surface area contributed by atoms with Crippen LogP contribution in [0.15, 0.2) is 71.8 Å². The monoisotopic (exact) mass is 476 g/mol. The maximum Gasteiger partial charge on any atom is 0.337 e. The van der Waals surface area contributed by atoms with Crippen molar-refractivity contribution < 1.29 is 28.5 Å². The summed E-state index contributed by atoms with van der Waals surface area (Å²) >= 11 is 0. The van der Waals surface area contributed by atoms with Crippen molar-refractivity contribution in [2.24, 2.45) is 0 Å². The fourth-order valence-electron chi connectivity index (χ4n) is 3.67. The third-order valence-electron chi connectivity index (χ3n) is 5.90. The van der Waals surface area contributed by atoms with E-state index in [0.29, 0.717) is 35.5 Å². The topological polar surface area (TPSA) is 71.1 Å². The summed E-state index contributed by atoms with van der Waals surface area (Å²) in [5, 5.41) is 0. The minimum atomic E-state index is -1.06. The number of carbonyl (C=O) groups is 2. The van der Waals surface area contributed by atoms with E-state index in [2.05, 4.69) is 13.8 Å². The lowest BCUT2D eigenvalue weighted by Gasteiger charge is -2.29. The summed E-state index contributed by atoms with van der Waals surface area (Å²) < 4.78 is 22.7. The van der Waals surface area contributed by atoms with Crippen molar-refractivity contribution in [2.45, 2.75) is 71.4 Å². The van der Waals surface area contributed by atoms with E-state index in [1.165, 1.54) is 0 Å². The van der Waals surface area contributed by atoms with Gasteiger partial charge >= 0.3 is 11.9 Å². The minimum absolute atomic E-state index is 0.280. The molecule has 6 heteroatoms. The van der Waals surface area contributed by atoms with E-state index < -0.39 is 11.6 Å². The summed E-state index contributed by atoms with van der Waals surface area (Å²) in [4.78, 5) is 23.9. The zero-order chi connectivity index (χ0) is 25.4. The van der Waals surface area contributed by atoms with E-state index in [9.17, 15) is 9.59 Å². The van der Waals surface area contributed by atoms with Gasteiger partial charge in [0.2, 0.25) is 11.6 Å². The Balaban J connectivity index is 1.39. The van der Waals surface area contributed by atoms with Gasteiger partial charge in [0.05, 0.1) is 0 Å². The minimum Gasteiger partial charge on any atom is -0.453 e. The maximum atomic E-state index is 11.9. The second-order valence-electron chi connectivity index (χ2n) is 10.3. The summed E-state index contributed by atoms with van der Waals surface area (Å²) in [6.07, 6.45) is 5.04. The van der Waals surface area contributed by atoms with E-state index in [1.807, 2.05) is 60.7 Å². The predicted molar refractivity (Wildman–Crippen MR) is 132 cm³/mol. The van der Waals surface area contributed by atoms with E-state index in [1.54, 1.807) is 27.7 Å². The van der Waals surface area contributed by atoms with Crippen LogP contribution in [0.4, 0.5) is 0 Å². The molecule has 2 aliphatic rings. The van der Waals surface area contributed by atoms with Crippen molar-refractivity contribution in [2.75, 3.05) is 0 Å². The van der Waals surface area contributed by atoms with Gasteiger partial charge in [-0.2, -0.15) is 0 Å². The Morgan fingerprint density at radius 1 is 0.600 bits per heavy atom. The van der Waals surface area contributed by atoms with E-state index in [-0.39, 0.29) is 17.4 Å². The van der Waals surface area contributed by atoms with Crippen LogP contribution in [0.1, 0.15) is 65.5 Å². The normalized spacial score (nSPS) is 14.9. The van der Waals surface area contributed by atoms with Gasteiger partial charge in [-0.15, -0.1) is 0 Å². The zero-order valence-corrected chi connectivity index (χ0v) is 21.1. The quantitative estimate of drug-likeness (QED) is 0.310. The lowest BCUT2D eigenvalue weighted by atomic mass is 9.78. The summed E-state index contributed by atoms with van der Waals surface area (Å²) in [6.45, 7) is 11.2. The van der Waals surface area contributed by atoms with E-state index in [0.717, 1.165) is 11.1 Å². The first-order valence-electron chi connectivity index (χ1n) is 11.8. The molecule has 0 fully saturated rings. The molecular formula is C29H32O6. The number of carbonyl (C=O) groups excluding carboxylic acids is 2. The first kappa shape index (κ1) is 24.6. The summed E-state index contributed by atoms with van der Waals surface area (Å²) in [5.41, 5.74) is 3.30. The predicted octanol–water partition coefficient (Wildman–Crippen LogP) is 5.99. The molecule has 0 saturated carbocycles. The van der Waals surface area contributed by atoms with Gasteiger partial charge in [-0.25, -0.2) is 9.59 Å². The van der Waals surface area contributed by atoms with Crippen molar-refractivity contribution in [3.05, 3.63) is 83.0 Å². The van der Waals surface area contributed by atoms with Crippen LogP contribution in [-0.2, 0) is 24.5 Å². The molecule has 0 N–H and O–H groups in total. The Morgan fingerprint density at radius 2 is 0.914 bits per heavy atom. The molecule has 35 heavy (non-hydrogen) atoms. The van der Waals surface area contributed by atoms with Gasteiger partial charge < -0.3 is 18.9 Å². The molecule has 0 saturated heterocycles. The maximum absolute atomic E-state index is 11.9. The molecule has 2 aromatic carbocycles. The molecule has 6 nitrogen and oxygen atoms in total. The first-order chi connectivity index (χ1) is 16.3. The van der Waals surface area contributed by atoms with Crippen LogP contribution in [0.3, 0.4) is 0 Å². The smallest absolute Gasteiger partial charge is 0.337 e. The van der Waals surface area contributed by atoms with E-state index in [4.69, 9.17) is 18.9 Å². The van der Waals surface area contributed by atoms with Crippen LogP contribution in [0, 0.1) is 0 Å². The fourth-order valence-corrected chi connectivity index (χ4v) is 3.67. The summed E-state index contributed by atoms with van der Waals surface area (Å²) in [5.74, 6) is -1.55. The van der Waals surface area contributed by atoms with Crippen molar-refractivity contribution in [3.63, 3.8) is 0 Å². The highest BCUT2D eigenvalue weighted by Gasteiger charge is 2.31. The van der Waals surface area contributed by atoms with Gasteiger partial charge in [0.25, 0.3) is 0 Å². The molecule has 0 radical (unpaired) electrons. The number of hydrogen-bond acceptors (Lipinski definition) is 6. The lowest BCUT2D eigenvalue weighted by molar-refractivity contribution is -0.182. The van der Waals surface area contributed by atoms with Crippen LogP contribution in [-0.4, -0.2) is 23.5 Å². The number of allylic oxidation sites excluding steroid dienone is 2. The van der Waals surface area contributed by atoms with Crippen molar-refractivity contribution >= 4 is 11.9 Å². The highest BCUT2D eigenvalue weighted by atomic mass is 16.7. The third-order valence-corrected chi connectivity index (χ3v) is 5.90. The second kappa shape index (κ2) is 8.91. The molecule has 0 unspecified atom stereocenters. The van der Waals surface area contributed by atoms with Gasteiger partial charge in [-0.1, -0.05) is 50.3 Å². The van der Waals surface area contributed by atoms with Crippen LogP contribution in [0.2, 0.25) is 0 Å². The summed E-state index contributed by atoms with van der Waals surface area (Å²) in [6, 6.07) is 15.6. The number of esters is 2. The van der Waals surface area contributed by atoms with Crippen molar-refractivity contribution in [1.29, 1.82) is 0 Å². The molecule has 0 aromatic heterocycles. The molecule has 0 spiro atoms. The van der Waals surface area contributed by atoms with Crippen LogP contribution in [0.25, 0.3) is 0 Å². The average Bonchev–Trinajstić information content (AvgIpc) is 3.66. The van der Waals surface area contributed by atoms with Gasteiger partial charge in [0, 0.05) is 44.3 Å². The lowest BCUT2D eigenvalue weighted by Crippen LogP contribution is -2.34. The summed E-state index contributed by atoms with van der Waals surface area (Å²) in [7, 11) is 0. The van der Waals surface area contributed by atoms with Crippen LogP contribution >= 0.6 is 0 Å². The Morgan fingerprint density at radius 3 is 1.20 bits per heavy atom. The number of hydrogen-bond donors (Lipinski definition) is 0. The van der Waals surface area contributed by atoms with Crippen molar-refractivity contribution in [3.8, 4) is 11.5 Å². The fraction of sp³-hybridized carbons (Fsp3) is 0.379. The van der Waals surface area contributed by atoms with Gasteiger partial charge in [0.1, 0.15) is 11.5 Å². The average molecular weight is 477 g/mol. The molecule has 0 atom stereocenters. The highest BCUT2D eigenvalue weighted by molar-refractivity contribution is 5.93. The second-order valence-corrected chi connectivity index (χ2v) is 10.3. The number of benzene rings is 2. The molecule has 0 amide bonds. The molecule has 0 bridgehead atoms. The molecule has 0 aliphatic heterocycles. The molecule has 2 aromatic rings. The largest absolute Gasteiger partial charge is 0.453 e. The van der Waals surface area contributed by atoms with Gasteiger partial charge in [0.15, 0.2) is 0 Å². The van der Waals surface area contributed by atoms with Crippen LogP contribution in [0.5, 0.6) is 11.5 Å². The highest BCUT2D eigenvalue weighted by Crippen LogP contribution is 2.35. The molecule has 2 aliphatic carbocycles. The Labute approximate surface area is 206 Å². The molecule has 184 valence electrons. The molecular weight excluding hydrogens is 444 g/mol. The Kier molecular flexibility index (Phi) is 6.26. The zero-order valence-electron chi connectivity index (χ0n) is 21.1. The SMILES string of the molecule is CC(C)(OC(=O)C1=CC1)Oc1ccc(C(C)(C)c2ccc(OC(C)(C)OC(=O)C3=CC3)cc2)cc1.